The van der Waals surface area contributed by atoms with Crippen LogP contribution >= 0.6 is 11.6 Å². The average Bonchev–Trinajstić information content (AvgIpc) is 3.18. The van der Waals surface area contributed by atoms with Gasteiger partial charge in [0.05, 0.1) is 0 Å². The van der Waals surface area contributed by atoms with Crippen molar-refractivity contribution in [1.82, 2.24) is 9.97 Å². The maximum atomic E-state index is 6.16. The molecule has 3 rings (SSSR count). The monoisotopic (exact) mass is 279 g/mol. The van der Waals surface area contributed by atoms with E-state index < -0.39 is 0 Å². The third-order valence-electron chi connectivity index (χ3n) is 4.90. The van der Waals surface area contributed by atoms with Gasteiger partial charge in [-0.3, -0.25) is 0 Å². The smallest absolute Gasteiger partial charge is 0.135 e. The summed E-state index contributed by atoms with van der Waals surface area (Å²) in [6.45, 7) is 6.81. The molecule has 1 saturated carbocycles. The highest BCUT2D eigenvalue weighted by Gasteiger charge is 2.36. The largest absolute Gasteiger partial charge is 0.356 e. The average molecular weight is 280 g/mol. The van der Waals surface area contributed by atoms with Crippen LogP contribution in [0.15, 0.2) is 6.07 Å². The van der Waals surface area contributed by atoms with Gasteiger partial charge in [-0.1, -0.05) is 25.4 Å². The molecule has 1 saturated heterocycles. The Hall–Kier alpha value is -0.830. The molecule has 0 N–H and O–H groups in total. The molecule has 1 aromatic heterocycles. The zero-order valence-corrected chi connectivity index (χ0v) is 12.6. The van der Waals surface area contributed by atoms with E-state index in [1.807, 2.05) is 6.07 Å². The number of hydrogen-bond donors (Lipinski definition) is 0. The summed E-state index contributed by atoms with van der Waals surface area (Å²) < 4.78 is 0. The zero-order valence-electron chi connectivity index (χ0n) is 11.8. The fourth-order valence-corrected chi connectivity index (χ4v) is 3.25. The Bertz CT molecular complexity index is 466. The molecule has 0 radical (unpaired) electrons. The Labute approximate surface area is 120 Å². The van der Waals surface area contributed by atoms with Crippen molar-refractivity contribution in [1.29, 1.82) is 0 Å². The van der Waals surface area contributed by atoms with Gasteiger partial charge in [0.2, 0.25) is 0 Å². The predicted octanol–water partition coefficient (Wildman–Crippen LogP) is 4.02. The van der Waals surface area contributed by atoms with E-state index in [4.69, 9.17) is 16.6 Å². The predicted molar refractivity (Wildman–Crippen MR) is 78.9 cm³/mol. The lowest BCUT2D eigenvalue weighted by atomic mass is 9.82. The fourth-order valence-electron chi connectivity index (χ4n) is 3.07. The third kappa shape index (κ3) is 2.58. The number of aromatic nitrogens is 2. The van der Waals surface area contributed by atoms with E-state index >= 15 is 0 Å². The number of nitrogens with zero attached hydrogens (tertiary/aromatic N) is 3. The van der Waals surface area contributed by atoms with E-state index in [0.29, 0.717) is 16.5 Å². The summed E-state index contributed by atoms with van der Waals surface area (Å²) in [7, 11) is 0. The van der Waals surface area contributed by atoms with Crippen LogP contribution in [-0.4, -0.2) is 23.1 Å². The van der Waals surface area contributed by atoms with E-state index in [-0.39, 0.29) is 0 Å². The van der Waals surface area contributed by atoms with Crippen molar-refractivity contribution >= 4 is 17.4 Å². The highest BCUT2D eigenvalue weighted by atomic mass is 35.5. The first-order chi connectivity index (χ1) is 9.15. The summed E-state index contributed by atoms with van der Waals surface area (Å²) in [6.07, 6.45) is 6.18. The summed E-state index contributed by atoms with van der Waals surface area (Å²) in [5.41, 5.74) is 0.469. The molecule has 1 aliphatic carbocycles. The van der Waals surface area contributed by atoms with Crippen LogP contribution in [0.5, 0.6) is 0 Å². The normalized spacial score (nSPS) is 21.9. The molecule has 4 heteroatoms. The molecule has 0 bridgehead atoms. The molecular weight excluding hydrogens is 258 g/mol. The molecule has 104 valence electrons. The van der Waals surface area contributed by atoms with Gasteiger partial charge in [-0.25, -0.2) is 9.97 Å². The van der Waals surface area contributed by atoms with Crippen LogP contribution < -0.4 is 4.90 Å². The Morgan fingerprint density at radius 3 is 2.63 bits per heavy atom. The van der Waals surface area contributed by atoms with Crippen molar-refractivity contribution in [2.75, 3.05) is 18.0 Å². The summed E-state index contributed by atoms with van der Waals surface area (Å²) in [6, 6.07) is 1.93. The van der Waals surface area contributed by atoms with E-state index in [0.717, 1.165) is 24.7 Å². The van der Waals surface area contributed by atoms with Crippen molar-refractivity contribution in [3.05, 3.63) is 17.0 Å². The summed E-state index contributed by atoms with van der Waals surface area (Å²) >= 11 is 6.16. The van der Waals surface area contributed by atoms with Gasteiger partial charge < -0.3 is 4.90 Å². The van der Waals surface area contributed by atoms with Gasteiger partial charge in [0, 0.05) is 25.1 Å². The molecule has 0 spiro atoms. The van der Waals surface area contributed by atoms with Crippen LogP contribution in [0.3, 0.4) is 0 Å². The molecule has 1 aliphatic heterocycles. The maximum Gasteiger partial charge on any atom is 0.135 e. The second kappa shape index (κ2) is 4.93. The van der Waals surface area contributed by atoms with Crippen LogP contribution in [-0.2, 0) is 0 Å². The fraction of sp³-hybridized carbons (Fsp3) is 0.733. The molecule has 3 nitrogen and oxygen atoms in total. The molecule has 1 aromatic rings. The number of halogens is 1. The zero-order chi connectivity index (χ0) is 13.5. The highest BCUT2D eigenvalue weighted by molar-refractivity contribution is 6.29. The van der Waals surface area contributed by atoms with Gasteiger partial charge in [0.25, 0.3) is 0 Å². The molecule has 2 aliphatic rings. The van der Waals surface area contributed by atoms with E-state index in [2.05, 4.69) is 23.7 Å². The van der Waals surface area contributed by atoms with Crippen molar-refractivity contribution in [2.24, 2.45) is 5.41 Å². The lowest BCUT2D eigenvalue weighted by Crippen LogP contribution is -2.27. The summed E-state index contributed by atoms with van der Waals surface area (Å²) in [4.78, 5) is 11.5. The number of rotatable bonds is 4. The van der Waals surface area contributed by atoms with Crippen LogP contribution in [0.2, 0.25) is 5.15 Å². The Morgan fingerprint density at radius 2 is 2.05 bits per heavy atom. The molecular formula is C15H22ClN3. The Balaban J connectivity index is 1.83. The minimum absolute atomic E-state index is 0.469. The van der Waals surface area contributed by atoms with Gasteiger partial charge in [-0.15, -0.1) is 0 Å². The van der Waals surface area contributed by atoms with E-state index in [1.165, 1.54) is 32.1 Å². The van der Waals surface area contributed by atoms with Crippen LogP contribution in [0, 0.1) is 5.41 Å². The standard InChI is InChI=1S/C15H22ClN3/c1-3-15(4-2)7-8-19(10-15)13-9-12(16)17-14(18-13)11-5-6-11/h9,11H,3-8,10H2,1-2H3. The minimum atomic E-state index is 0.469. The van der Waals surface area contributed by atoms with Crippen LogP contribution in [0.4, 0.5) is 5.82 Å². The molecule has 0 unspecified atom stereocenters. The van der Waals surface area contributed by atoms with Crippen LogP contribution in [0.25, 0.3) is 0 Å². The lowest BCUT2D eigenvalue weighted by molar-refractivity contribution is 0.301. The molecule has 2 fully saturated rings. The quantitative estimate of drug-likeness (QED) is 0.780. The second-order valence-electron chi connectivity index (χ2n) is 6.06. The SMILES string of the molecule is CCC1(CC)CCN(c2cc(Cl)nc(C3CC3)n2)C1. The van der Waals surface area contributed by atoms with Crippen LogP contribution in [0.1, 0.15) is 57.7 Å². The van der Waals surface area contributed by atoms with Crippen molar-refractivity contribution in [3.8, 4) is 0 Å². The summed E-state index contributed by atoms with van der Waals surface area (Å²) in [5.74, 6) is 2.54. The van der Waals surface area contributed by atoms with Crippen molar-refractivity contribution < 1.29 is 0 Å². The Morgan fingerprint density at radius 1 is 1.32 bits per heavy atom. The Kier molecular flexibility index (Phi) is 3.42. The van der Waals surface area contributed by atoms with E-state index in [1.54, 1.807) is 0 Å². The molecule has 0 aromatic carbocycles. The summed E-state index contributed by atoms with van der Waals surface area (Å²) in [5, 5.41) is 0.595. The first-order valence-electron chi connectivity index (χ1n) is 7.45. The molecule has 0 atom stereocenters. The molecule has 0 amide bonds. The van der Waals surface area contributed by atoms with Crippen molar-refractivity contribution in [3.63, 3.8) is 0 Å². The van der Waals surface area contributed by atoms with Gasteiger partial charge in [0.1, 0.15) is 16.8 Å². The molecule has 19 heavy (non-hydrogen) atoms. The van der Waals surface area contributed by atoms with Gasteiger partial charge >= 0.3 is 0 Å². The third-order valence-corrected chi connectivity index (χ3v) is 5.10. The van der Waals surface area contributed by atoms with Crippen molar-refractivity contribution in [2.45, 2.75) is 51.9 Å². The number of anilines is 1. The maximum absolute atomic E-state index is 6.16. The van der Waals surface area contributed by atoms with E-state index in [9.17, 15) is 0 Å². The minimum Gasteiger partial charge on any atom is -0.356 e. The first kappa shape index (κ1) is 13.2. The van der Waals surface area contributed by atoms with Gasteiger partial charge in [0.15, 0.2) is 0 Å². The highest BCUT2D eigenvalue weighted by Crippen LogP contribution is 2.41. The van der Waals surface area contributed by atoms with Gasteiger partial charge in [-0.05, 0) is 37.5 Å². The molecule has 2 heterocycles. The second-order valence-corrected chi connectivity index (χ2v) is 6.45. The topological polar surface area (TPSA) is 29.0 Å². The number of hydrogen-bond acceptors (Lipinski definition) is 3. The van der Waals surface area contributed by atoms with Gasteiger partial charge in [-0.2, -0.15) is 0 Å². The lowest BCUT2D eigenvalue weighted by Gasteiger charge is -2.26. The first-order valence-corrected chi connectivity index (χ1v) is 7.83.